The third-order valence-electron chi connectivity index (χ3n) is 2.35. The number of piperidine rings is 1. The summed E-state index contributed by atoms with van der Waals surface area (Å²) in [5.74, 6) is 0.102. The van der Waals surface area contributed by atoms with Gasteiger partial charge in [0.05, 0.1) is 11.8 Å². The first-order valence-electron chi connectivity index (χ1n) is 4.65. The Labute approximate surface area is 83.9 Å². The van der Waals surface area contributed by atoms with Gasteiger partial charge in [-0.15, -0.1) is 0 Å². The summed E-state index contributed by atoms with van der Waals surface area (Å²) in [6, 6.07) is -0.206. The van der Waals surface area contributed by atoms with Crippen LogP contribution < -0.4 is 0 Å². The van der Waals surface area contributed by atoms with Crippen molar-refractivity contribution in [1.29, 1.82) is 0 Å². The zero-order valence-corrected chi connectivity index (χ0v) is 8.96. The minimum Gasteiger partial charge on any atom is -0.212 e. The fraction of sp³-hybridized carbons (Fsp3) is 0.875. The Morgan fingerprint density at radius 2 is 2.29 bits per heavy atom. The van der Waals surface area contributed by atoms with Crippen LogP contribution in [0, 0.1) is 0 Å². The third-order valence-corrected chi connectivity index (χ3v) is 4.20. The molecule has 1 aliphatic heterocycles. The van der Waals surface area contributed by atoms with Crippen molar-refractivity contribution >= 4 is 16.1 Å². The Bertz CT molecular complexity index is 332. The van der Waals surface area contributed by atoms with Crippen molar-refractivity contribution in [3.63, 3.8) is 0 Å². The molecule has 0 spiro atoms. The van der Waals surface area contributed by atoms with E-state index in [1.165, 1.54) is 10.4 Å². The van der Waals surface area contributed by atoms with Gasteiger partial charge in [-0.2, -0.15) is 4.31 Å². The molecule has 0 aromatic carbocycles. The molecular formula is C8H14N2O3S. The van der Waals surface area contributed by atoms with Crippen molar-refractivity contribution in [2.24, 2.45) is 4.99 Å². The topological polar surface area (TPSA) is 66.8 Å². The molecule has 1 atom stereocenters. The summed E-state index contributed by atoms with van der Waals surface area (Å²) in [5, 5.41) is 0. The molecule has 0 aromatic heterocycles. The molecule has 1 saturated heterocycles. The van der Waals surface area contributed by atoms with Gasteiger partial charge in [-0.05, 0) is 19.8 Å². The molecule has 5 nitrogen and oxygen atoms in total. The van der Waals surface area contributed by atoms with E-state index in [0.29, 0.717) is 13.1 Å². The van der Waals surface area contributed by atoms with Gasteiger partial charge in [-0.25, -0.2) is 18.2 Å². The zero-order valence-electron chi connectivity index (χ0n) is 8.14. The molecule has 0 saturated carbocycles. The number of carbonyl (C=O) groups excluding carboxylic acids is 1. The number of aliphatic imine (C=N–C) groups is 1. The number of hydrogen-bond donors (Lipinski definition) is 0. The van der Waals surface area contributed by atoms with Crippen LogP contribution in [-0.4, -0.2) is 43.7 Å². The average molecular weight is 218 g/mol. The quantitative estimate of drug-likeness (QED) is 0.499. The maximum atomic E-state index is 11.5. The molecule has 80 valence electrons. The second kappa shape index (κ2) is 4.68. The van der Waals surface area contributed by atoms with Gasteiger partial charge in [0.2, 0.25) is 16.1 Å². The van der Waals surface area contributed by atoms with E-state index in [0.717, 1.165) is 12.8 Å². The second-order valence-corrected chi connectivity index (χ2v) is 5.53. The van der Waals surface area contributed by atoms with Crippen LogP contribution in [0.15, 0.2) is 4.99 Å². The summed E-state index contributed by atoms with van der Waals surface area (Å²) < 4.78 is 24.4. The fourth-order valence-corrected chi connectivity index (χ4v) is 2.71. The molecule has 0 N–H and O–H groups in total. The normalized spacial score (nSPS) is 24.2. The van der Waals surface area contributed by atoms with Crippen molar-refractivity contribution in [2.75, 3.05) is 18.8 Å². The van der Waals surface area contributed by atoms with Crippen LogP contribution in [0.3, 0.4) is 0 Å². The van der Waals surface area contributed by atoms with Gasteiger partial charge >= 0.3 is 0 Å². The lowest BCUT2D eigenvalue weighted by molar-refractivity contribution is 0.317. The fourth-order valence-electron chi connectivity index (χ4n) is 1.54. The molecule has 14 heavy (non-hydrogen) atoms. The standard InChI is InChI=1S/C8H14N2O3S/c1-2-14(12,13)10-5-3-4-8(6-10)9-7-11/h8H,2-6H2,1H3/t8-/m1/s1. The molecule has 1 heterocycles. The van der Waals surface area contributed by atoms with Gasteiger partial charge in [-0.1, -0.05) is 0 Å². The van der Waals surface area contributed by atoms with Crippen LogP contribution in [0.2, 0.25) is 0 Å². The largest absolute Gasteiger partial charge is 0.235 e. The molecule has 0 unspecified atom stereocenters. The summed E-state index contributed by atoms with van der Waals surface area (Å²) >= 11 is 0. The second-order valence-electron chi connectivity index (χ2n) is 3.28. The summed E-state index contributed by atoms with van der Waals surface area (Å²) in [5.41, 5.74) is 0. The number of nitrogens with zero attached hydrogens (tertiary/aromatic N) is 2. The first-order chi connectivity index (χ1) is 6.60. The van der Waals surface area contributed by atoms with Gasteiger partial charge in [0.1, 0.15) is 0 Å². The molecule has 0 bridgehead atoms. The maximum Gasteiger partial charge on any atom is 0.235 e. The highest BCUT2D eigenvalue weighted by molar-refractivity contribution is 7.89. The minimum absolute atomic E-state index is 0.102. The molecular weight excluding hydrogens is 204 g/mol. The lowest BCUT2D eigenvalue weighted by Crippen LogP contribution is -2.42. The Morgan fingerprint density at radius 1 is 1.57 bits per heavy atom. The van der Waals surface area contributed by atoms with Crippen LogP contribution in [0.1, 0.15) is 19.8 Å². The van der Waals surface area contributed by atoms with Crippen LogP contribution in [0.25, 0.3) is 0 Å². The summed E-state index contributed by atoms with van der Waals surface area (Å²) in [6.45, 7) is 2.48. The van der Waals surface area contributed by atoms with Crippen molar-refractivity contribution in [1.82, 2.24) is 4.31 Å². The Balaban J connectivity index is 2.69. The van der Waals surface area contributed by atoms with E-state index in [4.69, 9.17) is 0 Å². The lowest BCUT2D eigenvalue weighted by Gasteiger charge is -2.28. The lowest BCUT2D eigenvalue weighted by atomic mass is 10.1. The van der Waals surface area contributed by atoms with E-state index >= 15 is 0 Å². The molecule has 0 radical (unpaired) electrons. The van der Waals surface area contributed by atoms with E-state index in [9.17, 15) is 13.2 Å². The Hall–Kier alpha value is -0.710. The third kappa shape index (κ3) is 2.64. The predicted molar refractivity (Wildman–Crippen MR) is 52.2 cm³/mol. The molecule has 1 rings (SSSR count). The smallest absolute Gasteiger partial charge is 0.212 e. The Kier molecular flexibility index (Phi) is 3.80. The number of rotatable bonds is 3. The van der Waals surface area contributed by atoms with Crippen molar-refractivity contribution in [3.05, 3.63) is 0 Å². The van der Waals surface area contributed by atoms with Gasteiger partial charge in [0.15, 0.2) is 0 Å². The first-order valence-corrected chi connectivity index (χ1v) is 6.26. The number of hydrogen-bond acceptors (Lipinski definition) is 4. The molecule has 0 aromatic rings. The van der Waals surface area contributed by atoms with Gasteiger partial charge in [0.25, 0.3) is 0 Å². The number of sulfonamides is 1. The molecule has 1 fully saturated rings. The van der Waals surface area contributed by atoms with E-state index in [1.54, 1.807) is 6.92 Å². The average Bonchev–Trinajstić information content (AvgIpc) is 2.19. The van der Waals surface area contributed by atoms with Crippen LogP contribution in [0.5, 0.6) is 0 Å². The molecule has 0 aliphatic carbocycles. The van der Waals surface area contributed by atoms with E-state index in [2.05, 4.69) is 4.99 Å². The maximum absolute atomic E-state index is 11.5. The monoisotopic (exact) mass is 218 g/mol. The highest BCUT2D eigenvalue weighted by atomic mass is 32.2. The van der Waals surface area contributed by atoms with Crippen LogP contribution in [0.4, 0.5) is 0 Å². The van der Waals surface area contributed by atoms with E-state index in [-0.39, 0.29) is 11.8 Å². The van der Waals surface area contributed by atoms with Gasteiger partial charge in [-0.3, -0.25) is 0 Å². The van der Waals surface area contributed by atoms with Crippen LogP contribution >= 0.6 is 0 Å². The highest BCUT2D eigenvalue weighted by Gasteiger charge is 2.27. The van der Waals surface area contributed by atoms with Crippen molar-refractivity contribution < 1.29 is 13.2 Å². The van der Waals surface area contributed by atoms with Gasteiger partial charge in [0, 0.05) is 13.1 Å². The SMILES string of the molecule is CCS(=O)(=O)N1CCC[C@@H](N=C=O)C1. The highest BCUT2D eigenvalue weighted by Crippen LogP contribution is 2.16. The summed E-state index contributed by atoms with van der Waals surface area (Å²) in [6.07, 6.45) is 3.01. The summed E-state index contributed by atoms with van der Waals surface area (Å²) in [7, 11) is -3.13. The van der Waals surface area contributed by atoms with Gasteiger partial charge < -0.3 is 0 Å². The zero-order chi connectivity index (χ0) is 10.6. The van der Waals surface area contributed by atoms with E-state index < -0.39 is 10.0 Å². The van der Waals surface area contributed by atoms with Crippen LogP contribution in [-0.2, 0) is 14.8 Å². The van der Waals surface area contributed by atoms with Crippen molar-refractivity contribution in [2.45, 2.75) is 25.8 Å². The number of isocyanates is 1. The predicted octanol–water partition coefficient (Wildman–Crippen LogP) is 0.136. The minimum atomic E-state index is -3.13. The Morgan fingerprint density at radius 3 is 2.86 bits per heavy atom. The molecule has 0 amide bonds. The summed E-state index contributed by atoms with van der Waals surface area (Å²) in [4.78, 5) is 13.6. The van der Waals surface area contributed by atoms with E-state index in [1.807, 2.05) is 0 Å². The molecule has 1 aliphatic rings. The molecule has 6 heteroatoms. The first kappa shape index (κ1) is 11.4. The van der Waals surface area contributed by atoms with Crippen molar-refractivity contribution in [3.8, 4) is 0 Å².